The van der Waals surface area contributed by atoms with E-state index < -0.39 is 22.0 Å². The van der Waals surface area contributed by atoms with E-state index in [-0.39, 0.29) is 18.4 Å². The zero-order chi connectivity index (χ0) is 24.5. The Kier molecular flexibility index (Phi) is 4.93. The monoisotopic (exact) mass is 508 g/mol. The Hall–Kier alpha value is -3.08. The maximum absolute atomic E-state index is 14.7. The second-order valence-corrected chi connectivity index (χ2v) is 10.9. The van der Waals surface area contributed by atoms with Crippen LogP contribution < -0.4 is 4.90 Å². The van der Waals surface area contributed by atoms with Crippen molar-refractivity contribution < 1.29 is 18.4 Å². The van der Waals surface area contributed by atoms with Crippen LogP contribution in [0.15, 0.2) is 65.5 Å². The molecule has 0 aliphatic carbocycles. The molecule has 6 rings (SSSR count). The summed E-state index contributed by atoms with van der Waals surface area (Å²) in [6, 6.07) is 11.6. The van der Waals surface area contributed by atoms with Gasteiger partial charge in [0.15, 0.2) is 5.54 Å². The fourth-order valence-corrected chi connectivity index (χ4v) is 8.07. The highest BCUT2D eigenvalue weighted by atomic mass is 32.2. The van der Waals surface area contributed by atoms with Crippen molar-refractivity contribution in [3.63, 3.8) is 0 Å². The van der Waals surface area contributed by atoms with Crippen LogP contribution in [0.5, 0.6) is 0 Å². The summed E-state index contributed by atoms with van der Waals surface area (Å²) in [6.07, 6.45) is 4.93. The second-order valence-electron chi connectivity index (χ2n) is 9.03. The van der Waals surface area contributed by atoms with Crippen LogP contribution in [0.25, 0.3) is 0 Å². The Balaban J connectivity index is 1.62. The lowest BCUT2D eigenvalue weighted by Gasteiger charge is -2.42. The van der Waals surface area contributed by atoms with Gasteiger partial charge in [-0.05, 0) is 49.0 Å². The van der Waals surface area contributed by atoms with Gasteiger partial charge in [-0.25, -0.2) is 4.39 Å². The normalized spacial score (nSPS) is 28.2. The minimum atomic E-state index is -1.45. The van der Waals surface area contributed by atoms with Crippen molar-refractivity contribution in [3.05, 3.63) is 83.8 Å². The van der Waals surface area contributed by atoms with Crippen LogP contribution in [0.1, 0.15) is 22.8 Å². The van der Waals surface area contributed by atoms with Gasteiger partial charge in [0.1, 0.15) is 20.6 Å². The molecular formula is C25H21FN4O3S2. The molecule has 0 unspecified atom stereocenters. The Morgan fingerprint density at radius 3 is 2.74 bits per heavy atom. The number of furan rings is 1. The van der Waals surface area contributed by atoms with Crippen LogP contribution >= 0.6 is 24.0 Å². The van der Waals surface area contributed by atoms with Crippen LogP contribution in [0.4, 0.5) is 10.1 Å². The summed E-state index contributed by atoms with van der Waals surface area (Å²) in [5, 5.41) is 0. The van der Waals surface area contributed by atoms with E-state index in [2.05, 4.69) is 4.98 Å². The van der Waals surface area contributed by atoms with Crippen LogP contribution in [-0.2, 0) is 21.7 Å². The van der Waals surface area contributed by atoms with Gasteiger partial charge in [0.2, 0.25) is 5.91 Å². The number of carbonyl (C=O) groups is 2. The zero-order valence-electron chi connectivity index (χ0n) is 19.0. The van der Waals surface area contributed by atoms with Gasteiger partial charge in [-0.1, -0.05) is 30.0 Å². The van der Waals surface area contributed by atoms with Crippen LogP contribution in [0.3, 0.4) is 0 Å². The number of benzene rings is 1. The number of halogens is 1. The average molecular weight is 509 g/mol. The number of hydrogen-bond acceptors (Lipinski definition) is 7. The third-order valence-electron chi connectivity index (χ3n) is 7.39. The van der Waals surface area contributed by atoms with Crippen molar-refractivity contribution in [2.75, 3.05) is 25.5 Å². The highest BCUT2D eigenvalue weighted by Gasteiger charge is 2.78. The minimum absolute atomic E-state index is 0.152. The standard InChI is InChI=1S/C25H21FN4O3S2/c1-28-14-19(15-5-3-9-27-12-15)25(22(32)30(23(34)35-25)13-17-6-4-10-33-17)24(28)18-11-16(26)7-8-20(18)29(2)21(24)31/h3-12,19H,13-14H2,1-2H3/t19-,24-,25+/m0/s1. The molecule has 178 valence electrons. The summed E-state index contributed by atoms with van der Waals surface area (Å²) in [7, 11) is 3.48. The lowest BCUT2D eigenvalue weighted by Crippen LogP contribution is -2.62. The lowest BCUT2D eigenvalue weighted by atomic mass is 9.72. The first-order chi connectivity index (χ1) is 16.8. The van der Waals surface area contributed by atoms with Crippen molar-refractivity contribution in [2.24, 2.45) is 0 Å². The van der Waals surface area contributed by atoms with Gasteiger partial charge >= 0.3 is 0 Å². The number of carbonyl (C=O) groups excluding carboxylic acids is 2. The van der Waals surface area contributed by atoms with Crippen molar-refractivity contribution in [2.45, 2.75) is 22.7 Å². The van der Waals surface area contributed by atoms with Crippen LogP contribution in [0, 0.1) is 5.82 Å². The molecule has 2 fully saturated rings. The average Bonchev–Trinajstić information content (AvgIpc) is 3.57. The first-order valence-electron chi connectivity index (χ1n) is 11.1. The number of hydrogen-bond donors (Lipinski definition) is 0. The van der Waals surface area contributed by atoms with Gasteiger partial charge in [-0.2, -0.15) is 0 Å². The SMILES string of the molecule is CN1C(=O)[C@]2(c3cc(F)ccc31)N(C)C[C@@H](c1cccnc1)[C@]21SC(=S)N(Cc2ccco2)C1=O. The van der Waals surface area contributed by atoms with E-state index in [1.807, 2.05) is 24.1 Å². The van der Waals surface area contributed by atoms with Crippen molar-refractivity contribution in [1.29, 1.82) is 0 Å². The molecule has 35 heavy (non-hydrogen) atoms. The summed E-state index contributed by atoms with van der Waals surface area (Å²) in [5.41, 5.74) is 0.421. The zero-order valence-corrected chi connectivity index (χ0v) is 20.6. The number of aromatic nitrogens is 1. The fourth-order valence-electron chi connectivity index (χ4n) is 5.95. The molecule has 2 aromatic heterocycles. The van der Waals surface area contributed by atoms with Gasteiger partial charge in [0.05, 0.1) is 12.8 Å². The number of fused-ring (bicyclic) bond motifs is 3. The Morgan fingerprint density at radius 2 is 2.03 bits per heavy atom. The molecule has 2 amide bonds. The molecule has 10 heteroatoms. The second kappa shape index (κ2) is 7.71. The fraction of sp³-hybridized carbons (Fsp3) is 0.280. The molecule has 3 atom stereocenters. The van der Waals surface area contributed by atoms with E-state index in [0.29, 0.717) is 27.9 Å². The number of pyridine rings is 1. The highest BCUT2D eigenvalue weighted by Crippen LogP contribution is 2.66. The van der Waals surface area contributed by atoms with E-state index in [1.54, 1.807) is 43.9 Å². The highest BCUT2D eigenvalue weighted by molar-refractivity contribution is 8.25. The predicted octanol–water partition coefficient (Wildman–Crippen LogP) is 3.51. The van der Waals surface area contributed by atoms with Crippen molar-refractivity contribution >= 4 is 45.8 Å². The van der Waals surface area contributed by atoms with E-state index >= 15 is 0 Å². The molecule has 1 aromatic carbocycles. The summed E-state index contributed by atoms with van der Waals surface area (Å²) in [4.78, 5) is 38.0. The number of amides is 2. The number of likely N-dealkylation sites (N-methyl/N-ethyl adjacent to an activating group) is 2. The molecule has 2 saturated heterocycles. The molecular weight excluding hydrogens is 487 g/mol. The van der Waals surface area contributed by atoms with Gasteiger partial charge in [-0.15, -0.1) is 0 Å². The Labute approximate surface area is 210 Å². The van der Waals surface area contributed by atoms with Gasteiger partial charge < -0.3 is 9.32 Å². The van der Waals surface area contributed by atoms with Gasteiger partial charge in [0.25, 0.3) is 5.91 Å². The smallest absolute Gasteiger partial charge is 0.254 e. The third-order valence-corrected chi connectivity index (χ3v) is 9.34. The van der Waals surface area contributed by atoms with Crippen molar-refractivity contribution in [3.8, 4) is 0 Å². The van der Waals surface area contributed by atoms with Crippen molar-refractivity contribution in [1.82, 2.24) is 14.8 Å². The Morgan fingerprint density at radius 1 is 1.20 bits per heavy atom. The largest absolute Gasteiger partial charge is 0.467 e. The number of rotatable bonds is 3. The number of likely N-dealkylation sites (tertiary alicyclic amines) is 1. The van der Waals surface area contributed by atoms with E-state index in [0.717, 1.165) is 5.56 Å². The maximum atomic E-state index is 14.7. The molecule has 0 N–H and O–H groups in total. The molecule has 3 aliphatic rings. The van der Waals surface area contributed by atoms with E-state index in [4.69, 9.17) is 16.6 Å². The number of thiocarbonyl (C=S) groups is 1. The summed E-state index contributed by atoms with van der Waals surface area (Å²) in [6.45, 7) is 0.538. The predicted molar refractivity (Wildman–Crippen MR) is 133 cm³/mol. The van der Waals surface area contributed by atoms with E-state index in [1.165, 1.54) is 33.7 Å². The molecule has 3 aliphatic heterocycles. The summed E-state index contributed by atoms with van der Waals surface area (Å²) in [5.74, 6) is -0.885. The molecule has 3 aromatic rings. The van der Waals surface area contributed by atoms with E-state index in [9.17, 15) is 14.0 Å². The molecule has 0 saturated carbocycles. The lowest BCUT2D eigenvalue weighted by molar-refractivity contribution is -0.139. The molecule has 0 bridgehead atoms. The van der Waals surface area contributed by atoms with Gasteiger partial charge in [-0.3, -0.25) is 24.4 Å². The number of thioether (sulfide) groups is 1. The van der Waals surface area contributed by atoms with Crippen LogP contribution in [-0.4, -0.2) is 56.3 Å². The number of anilines is 1. The maximum Gasteiger partial charge on any atom is 0.254 e. The third kappa shape index (κ3) is 2.75. The van der Waals surface area contributed by atoms with Crippen LogP contribution in [0.2, 0.25) is 0 Å². The van der Waals surface area contributed by atoms with Gasteiger partial charge in [0, 0.05) is 43.2 Å². The quantitative estimate of drug-likeness (QED) is 0.502. The number of nitrogens with zero attached hydrogens (tertiary/aromatic N) is 4. The summed E-state index contributed by atoms with van der Waals surface area (Å²) >= 11 is 6.96. The molecule has 5 heterocycles. The first-order valence-corrected chi connectivity index (χ1v) is 12.3. The minimum Gasteiger partial charge on any atom is -0.467 e. The first kappa shape index (κ1) is 22.4. The summed E-state index contributed by atoms with van der Waals surface area (Å²) < 4.78 is 19.2. The Bertz CT molecular complexity index is 1370. The molecule has 7 nitrogen and oxygen atoms in total. The molecule has 0 radical (unpaired) electrons. The topological polar surface area (TPSA) is 69.9 Å². The molecule has 2 spiro atoms.